The van der Waals surface area contributed by atoms with E-state index in [9.17, 15) is 4.79 Å². The van der Waals surface area contributed by atoms with Crippen LogP contribution in [0.25, 0.3) is 0 Å². The number of hydrogen-bond donors (Lipinski definition) is 2. The lowest BCUT2D eigenvalue weighted by molar-refractivity contribution is -0.144. The average Bonchev–Trinajstić information content (AvgIpc) is 2.23. The van der Waals surface area contributed by atoms with E-state index in [1.807, 2.05) is 6.42 Å². The third-order valence-electron chi connectivity index (χ3n) is 2.00. The highest BCUT2D eigenvalue weighted by molar-refractivity contribution is 5.75. The second kappa shape index (κ2) is 9.93. The van der Waals surface area contributed by atoms with Crippen LogP contribution in [-0.2, 0) is 9.53 Å². The maximum Gasteiger partial charge on any atom is 0.322 e. The molecule has 0 aromatic heterocycles. The van der Waals surface area contributed by atoms with Crippen molar-refractivity contribution < 1.29 is 9.53 Å². The van der Waals surface area contributed by atoms with Crippen molar-refractivity contribution in [3.63, 3.8) is 0 Å². The first kappa shape index (κ1) is 14.4. The van der Waals surface area contributed by atoms with Crippen LogP contribution in [0.2, 0.25) is 0 Å². The summed E-state index contributed by atoms with van der Waals surface area (Å²) in [5.74, 6) is -0.295. The van der Waals surface area contributed by atoms with E-state index in [0.29, 0.717) is 13.0 Å². The van der Waals surface area contributed by atoms with E-state index < -0.39 is 6.04 Å². The molecule has 0 aromatic carbocycles. The Bertz CT molecular complexity index is 163. The van der Waals surface area contributed by atoms with Crippen molar-refractivity contribution >= 4 is 5.97 Å². The molecule has 0 heterocycles. The molecular weight excluding hydrogens is 192 g/mol. The molecule has 0 spiro atoms. The Morgan fingerprint density at radius 2 is 2.33 bits per heavy atom. The molecule has 2 radical (unpaired) electrons. The van der Waals surface area contributed by atoms with Crippen molar-refractivity contribution in [3.05, 3.63) is 13.3 Å². The van der Waals surface area contributed by atoms with Crippen molar-refractivity contribution in [2.24, 2.45) is 5.73 Å². The van der Waals surface area contributed by atoms with Gasteiger partial charge in [0.15, 0.2) is 0 Å². The summed E-state index contributed by atoms with van der Waals surface area (Å²) in [5.41, 5.74) is 5.63. The van der Waals surface area contributed by atoms with Crippen LogP contribution in [0.4, 0.5) is 0 Å². The molecule has 1 atom stereocenters. The van der Waals surface area contributed by atoms with Crippen molar-refractivity contribution in [3.8, 4) is 0 Å². The summed E-state index contributed by atoms with van der Waals surface area (Å²) in [7, 11) is 0. The summed E-state index contributed by atoms with van der Waals surface area (Å²) in [6.45, 7) is 7.54. The molecule has 0 aliphatic rings. The molecule has 0 amide bonds. The van der Waals surface area contributed by atoms with Gasteiger partial charge >= 0.3 is 5.97 Å². The highest BCUT2D eigenvalue weighted by atomic mass is 16.5. The minimum absolute atomic E-state index is 0.295. The number of esters is 1. The summed E-state index contributed by atoms with van der Waals surface area (Å²) >= 11 is 0. The Kier molecular flexibility index (Phi) is 9.52. The molecule has 0 saturated carbocycles. The van der Waals surface area contributed by atoms with E-state index in [4.69, 9.17) is 10.5 Å². The van der Waals surface area contributed by atoms with E-state index in [0.717, 1.165) is 25.9 Å². The molecule has 0 bridgehead atoms. The number of carbonyl (C=O) groups is 1. The van der Waals surface area contributed by atoms with Crippen LogP contribution < -0.4 is 11.1 Å². The summed E-state index contributed by atoms with van der Waals surface area (Å²) in [5, 5.41) is 3.19. The standard InChI is InChI=1S/C11H22N2O2/c1-3-8-13-9-6-5-7-10(12)11(14)15-4-2/h3,10,13H,1,4-9,12H2,2H3. The number of ether oxygens (including phenoxy) is 1. The molecule has 0 saturated heterocycles. The number of hydrogen-bond acceptors (Lipinski definition) is 4. The Labute approximate surface area is 92.6 Å². The summed E-state index contributed by atoms with van der Waals surface area (Å²) in [6, 6.07) is -0.468. The van der Waals surface area contributed by atoms with Crippen LogP contribution >= 0.6 is 0 Å². The molecule has 1 unspecified atom stereocenters. The van der Waals surface area contributed by atoms with Gasteiger partial charge in [0.25, 0.3) is 0 Å². The van der Waals surface area contributed by atoms with Crippen molar-refractivity contribution in [2.45, 2.75) is 32.2 Å². The zero-order valence-electron chi connectivity index (χ0n) is 9.50. The number of nitrogens with one attached hydrogen (secondary N) is 1. The van der Waals surface area contributed by atoms with Crippen molar-refractivity contribution in [1.29, 1.82) is 0 Å². The Hall–Kier alpha value is -0.610. The highest BCUT2D eigenvalue weighted by Gasteiger charge is 2.13. The molecule has 3 N–H and O–H groups in total. The summed E-state index contributed by atoms with van der Waals surface area (Å²) in [4.78, 5) is 11.1. The second-order valence-electron chi connectivity index (χ2n) is 3.35. The predicted octanol–water partition coefficient (Wildman–Crippen LogP) is 0.675. The fourth-order valence-corrected chi connectivity index (χ4v) is 1.19. The van der Waals surface area contributed by atoms with Crippen LogP contribution in [0.1, 0.15) is 26.2 Å². The van der Waals surface area contributed by atoms with E-state index in [1.54, 1.807) is 6.92 Å². The second-order valence-corrected chi connectivity index (χ2v) is 3.35. The molecular formula is C11H22N2O2. The van der Waals surface area contributed by atoms with E-state index in [-0.39, 0.29) is 5.97 Å². The van der Waals surface area contributed by atoms with Gasteiger partial charge in [-0.1, -0.05) is 6.42 Å². The first-order valence-electron chi connectivity index (χ1n) is 5.46. The van der Waals surface area contributed by atoms with E-state index >= 15 is 0 Å². The predicted molar refractivity (Wildman–Crippen MR) is 61.0 cm³/mol. The molecule has 0 aliphatic heterocycles. The monoisotopic (exact) mass is 214 g/mol. The van der Waals surface area contributed by atoms with Crippen molar-refractivity contribution in [1.82, 2.24) is 5.32 Å². The number of rotatable bonds is 9. The first-order valence-corrected chi connectivity index (χ1v) is 5.46. The minimum atomic E-state index is -0.468. The fraction of sp³-hybridized carbons (Fsp3) is 0.727. The normalized spacial score (nSPS) is 12.5. The van der Waals surface area contributed by atoms with Crippen LogP contribution in [0.3, 0.4) is 0 Å². The minimum Gasteiger partial charge on any atom is -0.465 e. The number of carbonyl (C=O) groups excluding carboxylic acids is 1. The van der Waals surface area contributed by atoms with Gasteiger partial charge in [0, 0.05) is 0 Å². The smallest absolute Gasteiger partial charge is 0.322 e. The van der Waals surface area contributed by atoms with Gasteiger partial charge in [0.05, 0.1) is 6.61 Å². The van der Waals surface area contributed by atoms with Crippen molar-refractivity contribution in [2.75, 3.05) is 19.7 Å². The van der Waals surface area contributed by atoms with Gasteiger partial charge in [-0.15, -0.1) is 0 Å². The number of nitrogens with two attached hydrogens (primary N) is 1. The zero-order valence-corrected chi connectivity index (χ0v) is 9.50. The van der Waals surface area contributed by atoms with Gasteiger partial charge in [-0.05, 0) is 46.2 Å². The van der Waals surface area contributed by atoms with Gasteiger partial charge < -0.3 is 15.8 Å². The Balaban J connectivity index is 3.30. The van der Waals surface area contributed by atoms with Crippen LogP contribution in [-0.4, -0.2) is 31.7 Å². The maximum atomic E-state index is 11.1. The molecule has 15 heavy (non-hydrogen) atoms. The van der Waals surface area contributed by atoms with Gasteiger partial charge in [0.2, 0.25) is 0 Å². The zero-order chi connectivity index (χ0) is 11.5. The van der Waals surface area contributed by atoms with E-state index in [1.165, 1.54) is 0 Å². The fourth-order valence-electron chi connectivity index (χ4n) is 1.19. The number of unbranched alkanes of at least 4 members (excludes halogenated alkanes) is 1. The van der Waals surface area contributed by atoms with Gasteiger partial charge in [-0.2, -0.15) is 0 Å². The van der Waals surface area contributed by atoms with Gasteiger partial charge in [0.1, 0.15) is 6.04 Å². The van der Waals surface area contributed by atoms with Gasteiger partial charge in [-0.3, -0.25) is 4.79 Å². The van der Waals surface area contributed by atoms with Crippen LogP contribution in [0, 0.1) is 13.3 Å². The SMILES string of the molecule is [CH2][CH]CNCCCCC(N)C(=O)OCC. The molecule has 4 nitrogen and oxygen atoms in total. The van der Waals surface area contributed by atoms with Gasteiger partial charge in [-0.25, -0.2) is 0 Å². The van der Waals surface area contributed by atoms with Crippen LogP contribution in [0.5, 0.6) is 0 Å². The molecule has 0 rings (SSSR count). The lowest BCUT2D eigenvalue weighted by Crippen LogP contribution is -2.32. The lowest BCUT2D eigenvalue weighted by atomic mass is 10.1. The first-order chi connectivity index (χ1) is 7.22. The van der Waals surface area contributed by atoms with E-state index in [2.05, 4.69) is 12.2 Å². The third-order valence-corrected chi connectivity index (χ3v) is 2.00. The highest BCUT2D eigenvalue weighted by Crippen LogP contribution is 2.00. The molecule has 4 heteroatoms. The third kappa shape index (κ3) is 8.39. The molecule has 0 fully saturated rings. The average molecular weight is 214 g/mol. The molecule has 88 valence electrons. The Morgan fingerprint density at radius 1 is 1.60 bits per heavy atom. The topological polar surface area (TPSA) is 64.3 Å². The lowest BCUT2D eigenvalue weighted by Gasteiger charge is -2.10. The molecule has 0 aromatic rings. The maximum absolute atomic E-state index is 11.1. The largest absolute Gasteiger partial charge is 0.465 e. The Morgan fingerprint density at radius 3 is 2.93 bits per heavy atom. The molecule has 0 aliphatic carbocycles. The summed E-state index contributed by atoms with van der Waals surface area (Å²) in [6.07, 6.45) is 4.46. The summed E-state index contributed by atoms with van der Waals surface area (Å²) < 4.78 is 4.81. The van der Waals surface area contributed by atoms with Crippen LogP contribution in [0.15, 0.2) is 0 Å². The quantitative estimate of drug-likeness (QED) is 0.437.